The number of rotatable bonds is 7. The molecule has 0 spiro atoms. The lowest BCUT2D eigenvalue weighted by Crippen LogP contribution is -2.25. The van der Waals surface area contributed by atoms with E-state index < -0.39 is 11.0 Å². The third-order valence-electron chi connectivity index (χ3n) is 5.02. The van der Waals surface area contributed by atoms with E-state index in [1.54, 1.807) is 11.6 Å². The molecule has 12 nitrogen and oxygen atoms in total. The van der Waals surface area contributed by atoms with Gasteiger partial charge in [0, 0.05) is 19.4 Å². The number of fused-ring (bicyclic) bond motifs is 1. The van der Waals surface area contributed by atoms with Gasteiger partial charge in [-0.3, -0.25) is 14.8 Å². The molecule has 1 unspecified atom stereocenters. The second kappa shape index (κ2) is 8.91. The summed E-state index contributed by atoms with van der Waals surface area (Å²) in [4.78, 5) is 19.0. The maximum Gasteiger partial charge on any atom is 0.352 e. The smallest absolute Gasteiger partial charge is 0.352 e. The molecule has 0 aliphatic carbocycles. The first-order valence-electron chi connectivity index (χ1n) is 9.51. The summed E-state index contributed by atoms with van der Waals surface area (Å²) in [7, 11) is 0. The second-order valence-electron chi connectivity index (χ2n) is 7.10. The number of aliphatic hydroxyl groups is 1. The molecule has 3 aromatic rings. The molecule has 4 rings (SSSR count). The lowest BCUT2D eigenvalue weighted by Gasteiger charge is -2.22. The first-order chi connectivity index (χ1) is 14.8. The minimum atomic E-state index is -1.07. The van der Waals surface area contributed by atoms with E-state index in [1.807, 2.05) is 0 Å². The molecule has 0 saturated carbocycles. The lowest BCUT2D eigenvalue weighted by molar-refractivity contribution is -0.386. The van der Waals surface area contributed by atoms with Gasteiger partial charge in [-0.15, -0.1) is 5.10 Å². The molecule has 0 aromatic carbocycles. The van der Waals surface area contributed by atoms with Crippen molar-refractivity contribution in [3.63, 3.8) is 0 Å². The van der Waals surface area contributed by atoms with Crippen LogP contribution in [0.1, 0.15) is 24.6 Å². The van der Waals surface area contributed by atoms with Crippen LogP contribution in [-0.4, -0.2) is 65.5 Å². The third kappa shape index (κ3) is 4.42. The Kier molecular flexibility index (Phi) is 6.23. The van der Waals surface area contributed by atoms with Crippen molar-refractivity contribution in [2.45, 2.75) is 38.5 Å². The Bertz CT molecular complexity index is 1110. The molecule has 1 fully saturated rings. The van der Waals surface area contributed by atoms with Gasteiger partial charge in [0.25, 0.3) is 0 Å². The van der Waals surface area contributed by atoms with Gasteiger partial charge in [-0.2, -0.15) is 10.1 Å². The number of nitro groups is 1. The van der Waals surface area contributed by atoms with Gasteiger partial charge in [0.05, 0.1) is 22.9 Å². The summed E-state index contributed by atoms with van der Waals surface area (Å²) in [6, 6.07) is -0.00302. The Morgan fingerprint density at radius 1 is 1.39 bits per heavy atom. The van der Waals surface area contributed by atoms with E-state index in [4.69, 9.17) is 32.7 Å². The van der Waals surface area contributed by atoms with Crippen LogP contribution in [0.2, 0.25) is 10.4 Å². The Morgan fingerprint density at radius 3 is 2.84 bits per heavy atom. The quantitative estimate of drug-likeness (QED) is 0.311. The molecular weight excluding hydrogens is 453 g/mol. The molecule has 31 heavy (non-hydrogen) atoms. The number of nitrogens with zero attached hydrogens (tertiary/aromatic N) is 7. The largest absolute Gasteiger partial charge is 0.469 e. The number of halogens is 2. The van der Waals surface area contributed by atoms with Gasteiger partial charge in [-0.1, -0.05) is 11.6 Å². The van der Waals surface area contributed by atoms with Gasteiger partial charge in [-0.25, -0.2) is 9.67 Å². The molecule has 166 valence electrons. The minimum Gasteiger partial charge on any atom is -0.469 e. The van der Waals surface area contributed by atoms with Crippen molar-refractivity contribution < 1.29 is 19.5 Å². The van der Waals surface area contributed by atoms with Gasteiger partial charge in [0.15, 0.2) is 10.8 Å². The average molecular weight is 472 g/mol. The highest BCUT2D eigenvalue weighted by atomic mass is 35.5. The predicted molar refractivity (Wildman–Crippen MR) is 110 cm³/mol. The Labute approximate surface area is 185 Å². The molecule has 14 heteroatoms. The van der Waals surface area contributed by atoms with Crippen LogP contribution >= 0.6 is 23.2 Å². The number of hydrogen-bond donors (Lipinski definition) is 1. The van der Waals surface area contributed by atoms with Crippen molar-refractivity contribution in [2.24, 2.45) is 0 Å². The molecule has 0 radical (unpaired) electrons. The first kappa shape index (κ1) is 21.7. The van der Waals surface area contributed by atoms with Crippen molar-refractivity contribution >= 4 is 39.9 Å². The first-order valence-corrected chi connectivity index (χ1v) is 10.3. The van der Waals surface area contributed by atoms with Crippen LogP contribution in [0.3, 0.4) is 0 Å². The van der Waals surface area contributed by atoms with Crippen LogP contribution in [-0.2, 0) is 11.3 Å². The molecule has 1 aliphatic rings. The average Bonchev–Trinajstić information content (AvgIpc) is 3.23. The summed E-state index contributed by atoms with van der Waals surface area (Å²) in [5.41, 5.74) is 0.540. The number of ether oxygens (including phenoxy) is 2. The van der Waals surface area contributed by atoms with Gasteiger partial charge < -0.3 is 14.6 Å². The highest BCUT2D eigenvalue weighted by Crippen LogP contribution is 2.34. The molecule has 1 atom stereocenters. The number of aliphatic hydroxyl groups excluding tert-OH is 1. The Balaban J connectivity index is 1.50. The highest BCUT2D eigenvalue weighted by Gasteiger charge is 2.31. The van der Waals surface area contributed by atoms with Gasteiger partial charge in [0.1, 0.15) is 18.4 Å². The molecule has 0 bridgehead atoms. The number of hydrogen-bond acceptors (Lipinski definition) is 9. The summed E-state index contributed by atoms with van der Waals surface area (Å²) >= 11 is 11.9. The van der Waals surface area contributed by atoms with Crippen LogP contribution in [0.5, 0.6) is 5.88 Å². The van der Waals surface area contributed by atoms with E-state index in [9.17, 15) is 15.2 Å². The Morgan fingerprint density at radius 2 is 2.13 bits per heavy atom. The van der Waals surface area contributed by atoms with Crippen LogP contribution in [0.25, 0.3) is 11.0 Å². The van der Waals surface area contributed by atoms with Crippen molar-refractivity contribution in [1.29, 1.82) is 0 Å². The fourth-order valence-electron chi connectivity index (χ4n) is 3.53. The summed E-state index contributed by atoms with van der Waals surface area (Å²) < 4.78 is 13.9. The van der Waals surface area contributed by atoms with E-state index in [0.29, 0.717) is 42.8 Å². The molecule has 1 aliphatic heterocycles. The minimum absolute atomic E-state index is 0.00302. The van der Waals surface area contributed by atoms with E-state index >= 15 is 0 Å². The zero-order valence-electron chi connectivity index (χ0n) is 16.4. The molecule has 4 heterocycles. The van der Waals surface area contributed by atoms with Crippen molar-refractivity contribution in [3.8, 4) is 5.88 Å². The van der Waals surface area contributed by atoms with Crippen molar-refractivity contribution in [1.82, 2.24) is 29.5 Å². The van der Waals surface area contributed by atoms with Crippen LogP contribution in [0.4, 0.5) is 5.69 Å². The fraction of sp³-hybridized carbons (Fsp3) is 0.529. The standard InChI is InChI=1S/C17H19Cl2N7O5/c1-9-13(26(28)29)16(23-25(9)10-2-4-30-5-3-10)31-8-11(27)7-24-15-12(14(18)22-24)6-20-17(19)21-15/h6,10-11,27H,2-5,7-8H2,1H3. The van der Waals surface area contributed by atoms with E-state index in [0.717, 1.165) is 0 Å². The van der Waals surface area contributed by atoms with E-state index in [-0.39, 0.29) is 41.2 Å². The zero-order chi connectivity index (χ0) is 22.1. The van der Waals surface area contributed by atoms with Gasteiger partial charge in [-0.05, 0) is 31.4 Å². The Hall–Kier alpha value is -2.54. The zero-order valence-corrected chi connectivity index (χ0v) is 18.0. The van der Waals surface area contributed by atoms with Gasteiger partial charge in [0.2, 0.25) is 5.28 Å². The molecule has 0 amide bonds. The van der Waals surface area contributed by atoms with Crippen molar-refractivity contribution in [3.05, 3.63) is 32.4 Å². The highest BCUT2D eigenvalue weighted by molar-refractivity contribution is 6.34. The monoisotopic (exact) mass is 471 g/mol. The van der Waals surface area contributed by atoms with Gasteiger partial charge >= 0.3 is 11.6 Å². The topological polar surface area (TPSA) is 143 Å². The number of aromatic nitrogens is 6. The fourth-order valence-corrected chi connectivity index (χ4v) is 3.89. The van der Waals surface area contributed by atoms with E-state index in [2.05, 4.69) is 20.2 Å². The lowest BCUT2D eigenvalue weighted by atomic mass is 10.1. The summed E-state index contributed by atoms with van der Waals surface area (Å²) in [5, 5.41) is 31.1. The van der Waals surface area contributed by atoms with E-state index in [1.165, 1.54) is 10.9 Å². The molecule has 3 aromatic heterocycles. The molecule has 1 N–H and O–H groups in total. The summed E-state index contributed by atoms with van der Waals surface area (Å²) in [5.74, 6) is -0.137. The second-order valence-corrected chi connectivity index (χ2v) is 7.79. The summed E-state index contributed by atoms with van der Waals surface area (Å²) in [6.07, 6.45) is 1.79. The maximum absolute atomic E-state index is 11.6. The predicted octanol–water partition coefficient (Wildman–Crippen LogP) is 2.34. The molecule has 1 saturated heterocycles. The molecular formula is C17H19Cl2N7O5. The van der Waals surface area contributed by atoms with Crippen LogP contribution in [0, 0.1) is 17.0 Å². The summed E-state index contributed by atoms with van der Waals surface area (Å²) in [6.45, 7) is 2.50. The third-order valence-corrected chi connectivity index (χ3v) is 5.48. The van der Waals surface area contributed by atoms with Crippen LogP contribution < -0.4 is 4.74 Å². The van der Waals surface area contributed by atoms with Crippen molar-refractivity contribution in [2.75, 3.05) is 19.8 Å². The normalized spacial score (nSPS) is 16.0. The SMILES string of the molecule is Cc1c([N+](=O)[O-])c(OCC(O)Cn2nc(Cl)c3cnc(Cl)nc32)nn1C1CCOCC1. The maximum atomic E-state index is 11.6. The van der Waals surface area contributed by atoms with Crippen LogP contribution in [0.15, 0.2) is 6.20 Å².